The van der Waals surface area contributed by atoms with Crippen molar-refractivity contribution in [3.8, 4) is 0 Å². The van der Waals surface area contributed by atoms with Gasteiger partial charge in [0.25, 0.3) is 0 Å². The number of aromatic nitrogens is 3. The Kier molecular flexibility index (Phi) is 4.10. The third-order valence-electron chi connectivity index (χ3n) is 3.08. The van der Waals surface area contributed by atoms with Crippen molar-refractivity contribution >= 4 is 11.9 Å². The largest absolute Gasteiger partial charge is 0.476 e. The summed E-state index contributed by atoms with van der Waals surface area (Å²) in [5.74, 6) is -0.986. The maximum atomic E-state index is 11.7. The van der Waals surface area contributed by atoms with Crippen LogP contribution >= 0.6 is 0 Å². The van der Waals surface area contributed by atoms with Gasteiger partial charge in [-0.2, -0.15) is 0 Å². The van der Waals surface area contributed by atoms with Gasteiger partial charge in [-0.15, -0.1) is 5.10 Å². The van der Waals surface area contributed by atoms with Gasteiger partial charge in [0.15, 0.2) is 5.69 Å². The first-order valence-corrected chi connectivity index (χ1v) is 6.25. The molecule has 2 heterocycles. The number of hydrogen-bond donors (Lipinski definition) is 2. The zero-order chi connectivity index (χ0) is 13.8. The lowest BCUT2D eigenvalue weighted by Gasteiger charge is -2.38. The summed E-state index contributed by atoms with van der Waals surface area (Å²) in [5.41, 5.74) is -0.0723. The van der Waals surface area contributed by atoms with E-state index in [9.17, 15) is 9.59 Å². The number of nitrogens with zero attached hydrogens (tertiary/aromatic N) is 4. The molecule has 8 heteroatoms. The van der Waals surface area contributed by atoms with Crippen molar-refractivity contribution in [1.82, 2.24) is 25.2 Å². The van der Waals surface area contributed by atoms with Crippen molar-refractivity contribution in [1.29, 1.82) is 0 Å². The van der Waals surface area contributed by atoms with Crippen LogP contribution < -0.4 is 5.32 Å². The fourth-order valence-corrected chi connectivity index (χ4v) is 1.91. The lowest BCUT2D eigenvalue weighted by atomic mass is 10.1. The van der Waals surface area contributed by atoms with Gasteiger partial charge in [-0.3, -0.25) is 4.79 Å². The molecule has 104 valence electrons. The van der Waals surface area contributed by atoms with Gasteiger partial charge in [0.2, 0.25) is 5.91 Å². The zero-order valence-electron chi connectivity index (χ0n) is 10.7. The van der Waals surface area contributed by atoms with Gasteiger partial charge in [-0.25, -0.2) is 9.48 Å². The van der Waals surface area contributed by atoms with Crippen LogP contribution in [0.1, 0.15) is 29.9 Å². The summed E-state index contributed by atoms with van der Waals surface area (Å²) < 4.78 is 1.51. The van der Waals surface area contributed by atoms with Crippen molar-refractivity contribution in [2.45, 2.75) is 19.4 Å². The maximum Gasteiger partial charge on any atom is 0.358 e. The standard InChI is InChI=1S/C11H17N5O3/c1-2-12-4-3-10(17)15-5-8(6-15)16-7-9(11(18)19)13-14-16/h7-8,12H,2-6H2,1H3,(H,18,19). The first kappa shape index (κ1) is 13.5. The molecule has 0 unspecified atom stereocenters. The minimum Gasteiger partial charge on any atom is -0.476 e. The normalized spacial score (nSPS) is 15.3. The molecular weight excluding hydrogens is 250 g/mol. The molecule has 0 radical (unpaired) electrons. The van der Waals surface area contributed by atoms with Crippen LogP contribution in [0.5, 0.6) is 0 Å². The highest BCUT2D eigenvalue weighted by atomic mass is 16.4. The number of carbonyl (C=O) groups is 2. The summed E-state index contributed by atoms with van der Waals surface area (Å²) in [5, 5.41) is 19.2. The van der Waals surface area contributed by atoms with E-state index in [4.69, 9.17) is 5.11 Å². The molecule has 1 aromatic heterocycles. The van der Waals surface area contributed by atoms with E-state index in [2.05, 4.69) is 15.6 Å². The molecule has 0 spiro atoms. The molecule has 0 aliphatic carbocycles. The fourth-order valence-electron chi connectivity index (χ4n) is 1.91. The van der Waals surface area contributed by atoms with E-state index in [1.54, 1.807) is 4.90 Å². The summed E-state index contributed by atoms with van der Waals surface area (Å²) in [6.45, 7) is 4.66. The Bertz CT molecular complexity index is 467. The molecule has 1 aromatic rings. The molecule has 1 amide bonds. The van der Waals surface area contributed by atoms with Gasteiger partial charge in [-0.05, 0) is 6.54 Å². The van der Waals surface area contributed by atoms with Gasteiger partial charge in [0.05, 0.1) is 12.2 Å². The molecule has 8 nitrogen and oxygen atoms in total. The molecule has 1 fully saturated rings. The van der Waals surface area contributed by atoms with Crippen LogP contribution in [0.15, 0.2) is 6.20 Å². The van der Waals surface area contributed by atoms with E-state index in [0.717, 1.165) is 6.54 Å². The van der Waals surface area contributed by atoms with Crippen LogP contribution in [0.4, 0.5) is 0 Å². The molecule has 2 N–H and O–H groups in total. The van der Waals surface area contributed by atoms with E-state index in [1.165, 1.54) is 10.9 Å². The highest BCUT2D eigenvalue weighted by Gasteiger charge is 2.32. The predicted molar refractivity (Wildman–Crippen MR) is 65.8 cm³/mol. The van der Waals surface area contributed by atoms with E-state index in [-0.39, 0.29) is 17.6 Å². The van der Waals surface area contributed by atoms with Crippen LogP contribution in [0, 0.1) is 0 Å². The lowest BCUT2D eigenvalue weighted by molar-refractivity contribution is -0.137. The first-order valence-electron chi connectivity index (χ1n) is 6.25. The van der Waals surface area contributed by atoms with Gasteiger partial charge >= 0.3 is 5.97 Å². The molecule has 1 saturated heterocycles. The average molecular weight is 267 g/mol. The second-order valence-corrected chi connectivity index (χ2v) is 4.45. The van der Waals surface area contributed by atoms with Gasteiger partial charge in [0.1, 0.15) is 0 Å². The molecular formula is C11H17N5O3. The summed E-state index contributed by atoms with van der Waals surface area (Å²) in [6, 6.07) is 0.0312. The minimum atomic E-state index is -1.09. The Morgan fingerprint density at radius 1 is 1.53 bits per heavy atom. The number of carbonyl (C=O) groups excluding carboxylic acids is 1. The number of hydrogen-bond acceptors (Lipinski definition) is 5. The number of rotatable bonds is 6. The number of carboxylic acid groups (broad SMARTS) is 1. The third-order valence-corrected chi connectivity index (χ3v) is 3.08. The number of nitrogens with one attached hydrogen (secondary N) is 1. The van der Waals surface area contributed by atoms with Gasteiger partial charge in [-0.1, -0.05) is 12.1 Å². The summed E-state index contributed by atoms with van der Waals surface area (Å²) in [4.78, 5) is 24.2. The quantitative estimate of drug-likeness (QED) is 0.665. The first-order chi connectivity index (χ1) is 9.11. The smallest absolute Gasteiger partial charge is 0.358 e. The van der Waals surface area contributed by atoms with E-state index < -0.39 is 5.97 Å². The van der Waals surface area contributed by atoms with Crippen LogP contribution in [0.25, 0.3) is 0 Å². The molecule has 0 atom stereocenters. The van der Waals surface area contributed by atoms with Crippen LogP contribution in [-0.4, -0.2) is 63.1 Å². The fraction of sp³-hybridized carbons (Fsp3) is 0.636. The summed E-state index contributed by atoms with van der Waals surface area (Å²) in [7, 11) is 0. The molecule has 2 rings (SSSR count). The SMILES string of the molecule is CCNCCC(=O)N1CC(n2cc(C(=O)O)nn2)C1. The van der Waals surface area contributed by atoms with Crippen molar-refractivity contribution in [3.63, 3.8) is 0 Å². The number of amides is 1. The lowest BCUT2D eigenvalue weighted by Crippen LogP contribution is -2.51. The number of likely N-dealkylation sites (tertiary alicyclic amines) is 1. The monoisotopic (exact) mass is 267 g/mol. The molecule has 19 heavy (non-hydrogen) atoms. The van der Waals surface area contributed by atoms with E-state index >= 15 is 0 Å². The van der Waals surface area contributed by atoms with Crippen LogP contribution in [0.3, 0.4) is 0 Å². The highest BCUT2D eigenvalue weighted by Crippen LogP contribution is 2.20. The van der Waals surface area contributed by atoms with Crippen LogP contribution in [-0.2, 0) is 4.79 Å². The number of carboxylic acids is 1. The molecule has 1 aliphatic rings. The Balaban J connectivity index is 1.78. The summed E-state index contributed by atoms with van der Waals surface area (Å²) in [6.07, 6.45) is 1.88. The molecule has 0 saturated carbocycles. The van der Waals surface area contributed by atoms with Crippen molar-refractivity contribution in [2.24, 2.45) is 0 Å². The maximum absolute atomic E-state index is 11.7. The van der Waals surface area contributed by atoms with Crippen molar-refractivity contribution in [3.05, 3.63) is 11.9 Å². The highest BCUT2D eigenvalue weighted by molar-refractivity contribution is 5.84. The van der Waals surface area contributed by atoms with E-state index in [1.807, 2.05) is 6.92 Å². The average Bonchev–Trinajstić information content (AvgIpc) is 2.77. The Hall–Kier alpha value is -1.96. The second kappa shape index (κ2) is 5.79. The molecule has 0 aromatic carbocycles. The van der Waals surface area contributed by atoms with Crippen molar-refractivity contribution in [2.75, 3.05) is 26.2 Å². The Labute approximate surface area is 110 Å². The van der Waals surface area contributed by atoms with Crippen molar-refractivity contribution < 1.29 is 14.7 Å². The molecule has 0 bridgehead atoms. The minimum absolute atomic E-state index is 0.0312. The third kappa shape index (κ3) is 3.08. The Morgan fingerprint density at radius 3 is 2.84 bits per heavy atom. The van der Waals surface area contributed by atoms with Crippen LogP contribution in [0.2, 0.25) is 0 Å². The summed E-state index contributed by atoms with van der Waals surface area (Å²) >= 11 is 0. The van der Waals surface area contributed by atoms with Gasteiger partial charge in [0, 0.05) is 26.1 Å². The predicted octanol–water partition coefficient (Wildman–Crippen LogP) is -0.641. The Morgan fingerprint density at radius 2 is 2.26 bits per heavy atom. The zero-order valence-corrected chi connectivity index (χ0v) is 10.7. The topological polar surface area (TPSA) is 100 Å². The second-order valence-electron chi connectivity index (χ2n) is 4.45. The van der Waals surface area contributed by atoms with E-state index in [0.29, 0.717) is 26.1 Å². The number of aromatic carboxylic acids is 1. The van der Waals surface area contributed by atoms with Gasteiger partial charge < -0.3 is 15.3 Å². The molecule has 1 aliphatic heterocycles.